The van der Waals surface area contributed by atoms with Gasteiger partial charge in [0.05, 0.1) is 12.5 Å². The van der Waals surface area contributed by atoms with E-state index in [1.54, 1.807) is 0 Å². The molecule has 4 heteroatoms. The molecule has 1 saturated carbocycles. The summed E-state index contributed by atoms with van der Waals surface area (Å²) in [6, 6.07) is 0. The van der Waals surface area contributed by atoms with Crippen molar-refractivity contribution in [1.29, 1.82) is 0 Å². The summed E-state index contributed by atoms with van der Waals surface area (Å²) >= 11 is 0. The lowest BCUT2D eigenvalue weighted by molar-refractivity contribution is -0.158. The van der Waals surface area contributed by atoms with Gasteiger partial charge in [0, 0.05) is 13.1 Å². The van der Waals surface area contributed by atoms with Crippen LogP contribution in [0, 0.1) is 11.3 Å². The van der Waals surface area contributed by atoms with E-state index in [9.17, 15) is 4.79 Å². The number of esters is 1. The van der Waals surface area contributed by atoms with Gasteiger partial charge in [0.25, 0.3) is 0 Å². The van der Waals surface area contributed by atoms with Crippen molar-refractivity contribution in [1.82, 2.24) is 5.32 Å². The highest BCUT2D eigenvalue weighted by molar-refractivity contribution is 5.85. The topological polar surface area (TPSA) is 38.3 Å². The number of carbonyl (C=O) groups is 1. The van der Waals surface area contributed by atoms with E-state index >= 15 is 0 Å². The van der Waals surface area contributed by atoms with Crippen LogP contribution in [0.15, 0.2) is 0 Å². The normalized spacial score (nSPS) is 24.1. The molecular weight excluding hydrogens is 190 g/mol. The molecule has 0 aromatic rings. The molecule has 1 spiro atoms. The van der Waals surface area contributed by atoms with Gasteiger partial charge in [-0.3, -0.25) is 4.79 Å². The van der Waals surface area contributed by atoms with E-state index in [1.165, 1.54) is 0 Å². The van der Waals surface area contributed by atoms with E-state index < -0.39 is 0 Å². The molecule has 1 saturated heterocycles. The fourth-order valence-electron chi connectivity index (χ4n) is 2.18. The zero-order valence-corrected chi connectivity index (χ0v) is 8.65. The lowest BCUT2D eigenvalue weighted by Crippen LogP contribution is -2.61. The molecule has 2 rings (SSSR count). The highest BCUT2D eigenvalue weighted by atomic mass is 35.5. The summed E-state index contributed by atoms with van der Waals surface area (Å²) in [5.41, 5.74) is 0.484. The molecule has 76 valence electrons. The summed E-state index contributed by atoms with van der Waals surface area (Å²) in [5.74, 6) is 0.210. The summed E-state index contributed by atoms with van der Waals surface area (Å²) in [6.07, 6.45) is 2.08. The Balaban J connectivity index is 0.000000845. The fraction of sp³-hybridized carbons (Fsp3) is 0.889. The molecule has 1 aliphatic carbocycles. The minimum Gasteiger partial charge on any atom is -0.466 e. The molecule has 1 N–H and O–H groups in total. The van der Waals surface area contributed by atoms with Crippen LogP contribution >= 0.6 is 12.4 Å². The van der Waals surface area contributed by atoms with Gasteiger partial charge in [-0.15, -0.1) is 12.4 Å². The largest absolute Gasteiger partial charge is 0.466 e. The number of nitrogens with one attached hydrogen (secondary N) is 1. The predicted molar refractivity (Wildman–Crippen MR) is 51.9 cm³/mol. The lowest BCUT2D eigenvalue weighted by atomic mass is 9.58. The summed E-state index contributed by atoms with van der Waals surface area (Å²) in [6.45, 7) is 4.57. The Morgan fingerprint density at radius 2 is 2.15 bits per heavy atom. The van der Waals surface area contributed by atoms with Crippen LogP contribution in [0.3, 0.4) is 0 Å². The standard InChI is InChI=1S/C9H15NO2.ClH/c1-2-12-8(11)7-3-9(4-7)5-10-6-9;/h7,10H,2-6H2,1H3;1H. The van der Waals surface area contributed by atoms with Crippen LogP contribution in [-0.2, 0) is 9.53 Å². The van der Waals surface area contributed by atoms with E-state index in [0.29, 0.717) is 12.0 Å². The van der Waals surface area contributed by atoms with E-state index in [2.05, 4.69) is 5.32 Å². The Labute approximate surface area is 84.6 Å². The highest BCUT2D eigenvalue weighted by Gasteiger charge is 2.51. The van der Waals surface area contributed by atoms with Gasteiger partial charge < -0.3 is 10.1 Å². The summed E-state index contributed by atoms with van der Waals surface area (Å²) in [4.78, 5) is 11.2. The van der Waals surface area contributed by atoms with Gasteiger partial charge in [0.1, 0.15) is 0 Å². The maximum absolute atomic E-state index is 11.2. The minimum absolute atomic E-state index is 0. The smallest absolute Gasteiger partial charge is 0.308 e. The average Bonchev–Trinajstić information content (AvgIpc) is 1.81. The van der Waals surface area contributed by atoms with E-state index in [4.69, 9.17) is 4.74 Å². The van der Waals surface area contributed by atoms with Crippen LogP contribution in [0.1, 0.15) is 19.8 Å². The molecule has 3 nitrogen and oxygen atoms in total. The SMILES string of the molecule is CCOC(=O)C1CC2(CNC2)C1.Cl. The van der Waals surface area contributed by atoms with E-state index in [0.717, 1.165) is 25.9 Å². The van der Waals surface area contributed by atoms with Gasteiger partial charge >= 0.3 is 5.97 Å². The summed E-state index contributed by atoms with van der Waals surface area (Å²) < 4.78 is 4.95. The second-order valence-corrected chi connectivity index (χ2v) is 3.96. The maximum Gasteiger partial charge on any atom is 0.308 e. The molecule has 0 bridgehead atoms. The van der Waals surface area contributed by atoms with Crippen LogP contribution < -0.4 is 5.32 Å². The number of hydrogen-bond acceptors (Lipinski definition) is 3. The first-order chi connectivity index (χ1) is 5.76. The van der Waals surface area contributed by atoms with Crippen LogP contribution in [0.5, 0.6) is 0 Å². The quantitative estimate of drug-likeness (QED) is 0.683. The van der Waals surface area contributed by atoms with Crippen molar-refractivity contribution >= 4 is 18.4 Å². The third kappa shape index (κ3) is 1.81. The van der Waals surface area contributed by atoms with Crippen molar-refractivity contribution in [3.8, 4) is 0 Å². The number of hydrogen-bond donors (Lipinski definition) is 1. The molecule has 0 aromatic heterocycles. The van der Waals surface area contributed by atoms with Crippen molar-refractivity contribution in [2.75, 3.05) is 19.7 Å². The zero-order valence-electron chi connectivity index (χ0n) is 7.84. The molecule has 0 radical (unpaired) electrons. The molecule has 1 heterocycles. The first kappa shape index (κ1) is 10.8. The molecule has 0 aromatic carbocycles. The maximum atomic E-state index is 11.2. The molecule has 2 aliphatic rings. The van der Waals surface area contributed by atoms with Crippen molar-refractivity contribution in [3.05, 3.63) is 0 Å². The van der Waals surface area contributed by atoms with E-state index in [-0.39, 0.29) is 24.3 Å². The van der Waals surface area contributed by atoms with Crippen LogP contribution in [0.4, 0.5) is 0 Å². The number of halogens is 1. The number of rotatable bonds is 2. The first-order valence-corrected chi connectivity index (χ1v) is 4.63. The predicted octanol–water partition coefficient (Wildman–Crippen LogP) is 0.971. The molecule has 13 heavy (non-hydrogen) atoms. The Morgan fingerprint density at radius 3 is 2.54 bits per heavy atom. The molecular formula is C9H16ClNO2. The number of ether oxygens (including phenoxy) is 1. The van der Waals surface area contributed by atoms with Crippen LogP contribution in [-0.4, -0.2) is 25.7 Å². The third-order valence-corrected chi connectivity index (χ3v) is 2.98. The summed E-state index contributed by atoms with van der Waals surface area (Å²) in [5, 5.41) is 3.24. The van der Waals surface area contributed by atoms with Crippen LogP contribution in [0.25, 0.3) is 0 Å². The monoisotopic (exact) mass is 205 g/mol. The Hall–Kier alpha value is -0.280. The Morgan fingerprint density at radius 1 is 1.54 bits per heavy atom. The van der Waals surface area contributed by atoms with Crippen molar-refractivity contribution in [3.63, 3.8) is 0 Å². The van der Waals surface area contributed by atoms with Crippen molar-refractivity contribution < 1.29 is 9.53 Å². The van der Waals surface area contributed by atoms with Gasteiger partial charge in [0.2, 0.25) is 0 Å². The first-order valence-electron chi connectivity index (χ1n) is 4.63. The molecule has 0 atom stereocenters. The van der Waals surface area contributed by atoms with Crippen molar-refractivity contribution in [2.45, 2.75) is 19.8 Å². The van der Waals surface area contributed by atoms with Gasteiger partial charge in [0.15, 0.2) is 0 Å². The van der Waals surface area contributed by atoms with E-state index in [1.807, 2.05) is 6.92 Å². The molecule has 2 fully saturated rings. The second-order valence-electron chi connectivity index (χ2n) is 3.96. The number of carbonyl (C=O) groups excluding carboxylic acids is 1. The molecule has 0 amide bonds. The van der Waals surface area contributed by atoms with Gasteiger partial charge in [-0.2, -0.15) is 0 Å². The Kier molecular flexibility index (Phi) is 3.19. The lowest BCUT2D eigenvalue weighted by Gasteiger charge is -2.53. The molecule has 1 aliphatic heterocycles. The summed E-state index contributed by atoms with van der Waals surface area (Å²) in [7, 11) is 0. The van der Waals surface area contributed by atoms with Gasteiger partial charge in [-0.05, 0) is 25.2 Å². The average molecular weight is 206 g/mol. The fourth-order valence-corrected chi connectivity index (χ4v) is 2.18. The second kappa shape index (κ2) is 3.84. The molecule has 0 unspecified atom stereocenters. The van der Waals surface area contributed by atoms with Crippen molar-refractivity contribution in [2.24, 2.45) is 11.3 Å². The minimum atomic E-state index is 0. The van der Waals surface area contributed by atoms with Crippen LogP contribution in [0.2, 0.25) is 0 Å². The van der Waals surface area contributed by atoms with Gasteiger partial charge in [-0.1, -0.05) is 0 Å². The zero-order chi connectivity index (χ0) is 8.60. The van der Waals surface area contributed by atoms with Gasteiger partial charge in [-0.25, -0.2) is 0 Å². The highest BCUT2D eigenvalue weighted by Crippen LogP contribution is 2.48. The third-order valence-electron chi connectivity index (χ3n) is 2.98. The Bertz CT molecular complexity index is 196.